The largest absolute Gasteiger partial charge is 0.497 e. The lowest BCUT2D eigenvalue weighted by Crippen LogP contribution is -2.24. The molecule has 0 atom stereocenters. The third kappa shape index (κ3) is 5.88. The highest BCUT2D eigenvalue weighted by molar-refractivity contribution is 7.92. The molecular weight excluding hydrogens is 430 g/mol. The molecule has 1 amide bonds. The Kier molecular flexibility index (Phi) is 7.19. The van der Waals surface area contributed by atoms with Crippen LogP contribution in [0.2, 0.25) is 0 Å². The number of aromatic nitrogens is 1. The number of hydrogen-bond acceptors (Lipinski definition) is 6. The Morgan fingerprint density at radius 2 is 1.88 bits per heavy atom. The molecule has 2 aromatic carbocycles. The van der Waals surface area contributed by atoms with E-state index in [9.17, 15) is 13.2 Å². The van der Waals surface area contributed by atoms with E-state index in [1.807, 2.05) is 13.8 Å². The summed E-state index contributed by atoms with van der Waals surface area (Å²) in [5.41, 5.74) is 1.62. The van der Waals surface area contributed by atoms with Gasteiger partial charge in [-0.1, -0.05) is 19.9 Å². The molecule has 0 radical (unpaired) electrons. The molecule has 0 saturated heterocycles. The molecule has 0 aliphatic rings. The van der Waals surface area contributed by atoms with Crippen molar-refractivity contribution < 1.29 is 22.4 Å². The van der Waals surface area contributed by atoms with Crippen LogP contribution >= 0.6 is 0 Å². The van der Waals surface area contributed by atoms with E-state index in [2.05, 4.69) is 15.0 Å². The van der Waals surface area contributed by atoms with Crippen molar-refractivity contribution in [2.24, 2.45) is 5.92 Å². The normalized spacial score (nSPS) is 11.4. The van der Waals surface area contributed by atoms with Gasteiger partial charge in [-0.3, -0.25) is 9.52 Å². The summed E-state index contributed by atoms with van der Waals surface area (Å²) in [6.07, 6.45) is 0.445. The number of methoxy groups -OCH3 is 1. The molecule has 1 aromatic heterocycles. The van der Waals surface area contributed by atoms with Gasteiger partial charge in [-0.05, 0) is 55.3 Å². The molecule has 0 aliphatic heterocycles. The van der Waals surface area contributed by atoms with Crippen LogP contribution in [0.4, 0.5) is 5.69 Å². The predicted molar refractivity (Wildman–Crippen MR) is 122 cm³/mol. The van der Waals surface area contributed by atoms with Gasteiger partial charge in [0.05, 0.1) is 18.6 Å². The lowest BCUT2D eigenvalue weighted by Gasteiger charge is -2.09. The summed E-state index contributed by atoms with van der Waals surface area (Å²) in [4.78, 5) is 16.5. The maximum Gasteiger partial charge on any atom is 0.261 e. The van der Waals surface area contributed by atoms with Crippen molar-refractivity contribution in [3.8, 4) is 17.2 Å². The topological polar surface area (TPSA) is 111 Å². The van der Waals surface area contributed by atoms with Crippen LogP contribution in [0.5, 0.6) is 5.75 Å². The first-order valence-electron chi connectivity index (χ1n) is 10.2. The average molecular weight is 458 g/mol. The van der Waals surface area contributed by atoms with Gasteiger partial charge in [0.2, 0.25) is 11.8 Å². The highest BCUT2D eigenvalue weighted by Crippen LogP contribution is 2.26. The van der Waals surface area contributed by atoms with E-state index < -0.39 is 10.0 Å². The van der Waals surface area contributed by atoms with Crippen molar-refractivity contribution in [1.29, 1.82) is 0 Å². The molecule has 32 heavy (non-hydrogen) atoms. The minimum absolute atomic E-state index is 0.0427. The first-order valence-corrected chi connectivity index (χ1v) is 11.7. The van der Waals surface area contributed by atoms with Gasteiger partial charge in [0.1, 0.15) is 17.2 Å². The number of nitrogens with one attached hydrogen (secondary N) is 2. The van der Waals surface area contributed by atoms with Gasteiger partial charge in [-0.2, -0.15) is 0 Å². The van der Waals surface area contributed by atoms with Gasteiger partial charge < -0.3 is 14.5 Å². The number of hydrogen-bond donors (Lipinski definition) is 2. The van der Waals surface area contributed by atoms with Gasteiger partial charge in [0.15, 0.2) is 0 Å². The number of amides is 1. The lowest BCUT2D eigenvalue weighted by molar-refractivity contribution is -0.121. The fraction of sp³-hybridized carbons (Fsp3) is 0.304. The van der Waals surface area contributed by atoms with Crippen LogP contribution in [0.25, 0.3) is 11.5 Å². The Hall–Kier alpha value is -3.33. The summed E-state index contributed by atoms with van der Waals surface area (Å²) in [5.74, 6) is 1.74. The quantitative estimate of drug-likeness (QED) is 0.500. The first kappa shape index (κ1) is 23.3. The number of ether oxygens (including phenoxy) is 1. The maximum atomic E-state index is 12.7. The third-order valence-electron chi connectivity index (χ3n) is 4.67. The molecule has 170 valence electrons. The summed E-state index contributed by atoms with van der Waals surface area (Å²) < 4.78 is 38.8. The van der Waals surface area contributed by atoms with Crippen LogP contribution < -0.4 is 14.8 Å². The molecular formula is C23H27N3O5S. The fourth-order valence-electron chi connectivity index (χ4n) is 3.03. The first-order chi connectivity index (χ1) is 15.2. The van der Waals surface area contributed by atoms with Crippen molar-refractivity contribution in [3.63, 3.8) is 0 Å². The number of rotatable bonds is 9. The highest BCUT2D eigenvalue weighted by Gasteiger charge is 2.17. The lowest BCUT2D eigenvalue weighted by atomic mass is 10.1. The summed E-state index contributed by atoms with van der Waals surface area (Å²) in [6, 6.07) is 12.9. The zero-order chi connectivity index (χ0) is 23.3. The number of carbonyl (C=O) groups is 1. The number of aryl methyl sites for hydroxylation is 1. The second-order valence-electron chi connectivity index (χ2n) is 7.76. The zero-order valence-electron chi connectivity index (χ0n) is 18.5. The minimum Gasteiger partial charge on any atom is -0.497 e. The van der Waals surface area contributed by atoms with E-state index >= 15 is 0 Å². The van der Waals surface area contributed by atoms with Crippen LogP contribution in [0.3, 0.4) is 0 Å². The Balaban J connectivity index is 1.75. The smallest absolute Gasteiger partial charge is 0.261 e. The van der Waals surface area contributed by atoms with Crippen molar-refractivity contribution in [2.45, 2.75) is 38.6 Å². The third-order valence-corrected chi connectivity index (χ3v) is 6.07. The molecule has 8 nitrogen and oxygen atoms in total. The summed E-state index contributed by atoms with van der Waals surface area (Å²) in [6.45, 7) is 6.01. The van der Waals surface area contributed by atoms with Crippen LogP contribution in [0.15, 0.2) is 57.8 Å². The second kappa shape index (κ2) is 9.86. The maximum absolute atomic E-state index is 12.7. The average Bonchev–Trinajstić information content (AvgIpc) is 3.12. The Labute approximate surface area is 188 Å². The van der Waals surface area contributed by atoms with E-state index in [4.69, 9.17) is 9.15 Å². The van der Waals surface area contributed by atoms with Crippen molar-refractivity contribution in [2.75, 3.05) is 11.8 Å². The van der Waals surface area contributed by atoms with Crippen LogP contribution in [0, 0.1) is 12.8 Å². The molecule has 0 aliphatic carbocycles. The number of carbonyl (C=O) groups excluding carboxylic acids is 1. The van der Waals surface area contributed by atoms with Crippen molar-refractivity contribution >= 4 is 21.6 Å². The molecule has 0 spiro atoms. The second-order valence-corrected chi connectivity index (χ2v) is 9.44. The molecule has 0 bridgehead atoms. The monoisotopic (exact) mass is 457 g/mol. The fourth-order valence-corrected chi connectivity index (χ4v) is 4.07. The number of oxazole rings is 1. The van der Waals surface area contributed by atoms with E-state index in [0.29, 0.717) is 40.8 Å². The van der Waals surface area contributed by atoms with Crippen molar-refractivity contribution in [3.05, 3.63) is 60.0 Å². The molecule has 0 fully saturated rings. The number of benzene rings is 2. The molecule has 9 heteroatoms. The van der Waals surface area contributed by atoms with Gasteiger partial charge in [-0.15, -0.1) is 0 Å². The summed E-state index contributed by atoms with van der Waals surface area (Å²) >= 11 is 0. The van der Waals surface area contributed by atoms with Crippen LogP contribution in [-0.4, -0.2) is 26.4 Å². The standard InChI is InChI=1S/C23H27N3O5S/c1-15(2)12-22(27)24-14-21-16(3)31-23(25-21)17-6-5-7-18(13-17)26-32(28,29)20-10-8-19(30-4)9-11-20/h5-11,13,15,26H,12,14H2,1-4H3,(H,24,27). The van der Waals surface area contributed by atoms with Gasteiger partial charge in [0, 0.05) is 17.7 Å². The molecule has 3 aromatic rings. The number of anilines is 1. The van der Waals surface area contributed by atoms with Gasteiger partial charge in [0.25, 0.3) is 10.0 Å². The summed E-state index contributed by atoms with van der Waals surface area (Å²) in [7, 11) is -2.26. The Morgan fingerprint density at radius 1 is 1.16 bits per heavy atom. The molecule has 0 saturated carbocycles. The van der Waals surface area contributed by atoms with Gasteiger partial charge >= 0.3 is 0 Å². The van der Waals surface area contributed by atoms with Gasteiger partial charge in [-0.25, -0.2) is 13.4 Å². The zero-order valence-corrected chi connectivity index (χ0v) is 19.3. The van der Waals surface area contributed by atoms with E-state index in [0.717, 1.165) is 0 Å². The van der Waals surface area contributed by atoms with E-state index in [1.54, 1.807) is 43.3 Å². The number of nitrogens with zero attached hydrogens (tertiary/aromatic N) is 1. The van der Waals surface area contributed by atoms with Crippen LogP contribution in [0.1, 0.15) is 31.7 Å². The van der Waals surface area contributed by atoms with Crippen molar-refractivity contribution in [1.82, 2.24) is 10.3 Å². The van der Waals surface area contributed by atoms with E-state index in [1.165, 1.54) is 19.2 Å². The SMILES string of the molecule is COc1ccc(S(=O)(=O)Nc2cccc(-c3nc(CNC(=O)CC(C)C)c(C)o3)c2)cc1. The molecule has 2 N–H and O–H groups in total. The summed E-state index contributed by atoms with van der Waals surface area (Å²) in [5, 5.41) is 2.84. The molecule has 0 unspecified atom stereocenters. The number of sulfonamides is 1. The van der Waals surface area contributed by atoms with Crippen LogP contribution in [-0.2, 0) is 21.4 Å². The molecule has 3 rings (SSSR count). The molecule has 1 heterocycles. The highest BCUT2D eigenvalue weighted by atomic mass is 32.2. The Bertz CT molecular complexity index is 1180. The minimum atomic E-state index is -3.77. The van der Waals surface area contributed by atoms with E-state index in [-0.39, 0.29) is 23.3 Å². The Morgan fingerprint density at radius 3 is 2.53 bits per heavy atom. The predicted octanol–water partition coefficient (Wildman–Crippen LogP) is 4.12.